The molecule has 0 aliphatic carbocycles. The van der Waals surface area contributed by atoms with Crippen LogP contribution < -0.4 is 10.2 Å². The Balaban J connectivity index is 1.75. The van der Waals surface area contributed by atoms with Gasteiger partial charge in [0.1, 0.15) is 5.78 Å². The fourth-order valence-corrected chi connectivity index (χ4v) is 5.04. The maximum absolute atomic E-state index is 13.3. The van der Waals surface area contributed by atoms with Gasteiger partial charge < -0.3 is 15.1 Å². The van der Waals surface area contributed by atoms with Crippen LogP contribution in [0.4, 0.5) is 10.5 Å². The summed E-state index contributed by atoms with van der Waals surface area (Å²) in [5.74, 6) is -0.0179. The van der Waals surface area contributed by atoms with Gasteiger partial charge in [0.25, 0.3) is 0 Å². The Hall–Kier alpha value is -3.39. The molecule has 1 N–H and O–H groups in total. The molecule has 38 heavy (non-hydrogen) atoms. The molecule has 1 aliphatic rings. The van der Waals surface area contributed by atoms with Crippen LogP contribution in [-0.4, -0.2) is 71.9 Å². The monoisotopic (exact) mass is 521 g/mol. The van der Waals surface area contributed by atoms with Crippen LogP contribution in [0.3, 0.4) is 0 Å². The van der Waals surface area contributed by atoms with E-state index in [9.17, 15) is 14.4 Å². The number of nitrogens with one attached hydrogen (secondary N) is 1. The van der Waals surface area contributed by atoms with Crippen molar-refractivity contribution >= 4 is 23.4 Å². The molecule has 2 aromatic rings. The molecule has 1 saturated heterocycles. The highest BCUT2D eigenvalue weighted by Gasteiger charge is 2.28. The second-order valence-corrected chi connectivity index (χ2v) is 10.2. The van der Waals surface area contributed by atoms with Gasteiger partial charge in [-0.05, 0) is 56.4 Å². The molecule has 2 aromatic carbocycles. The third-order valence-corrected chi connectivity index (χ3v) is 6.88. The van der Waals surface area contributed by atoms with Gasteiger partial charge in [-0.3, -0.25) is 14.6 Å². The van der Waals surface area contributed by atoms with Crippen molar-refractivity contribution in [3.63, 3.8) is 0 Å². The van der Waals surface area contributed by atoms with Crippen molar-refractivity contribution in [3.8, 4) is 0 Å². The lowest BCUT2D eigenvalue weighted by atomic mass is 10.1. The summed E-state index contributed by atoms with van der Waals surface area (Å²) in [5, 5.41) is 6.17. The van der Waals surface area contributed by atoms with Crippen LogP contribution >= 0.6 is 0 Å². The molecular weight excluding hydrogens is 478 g/mol. The number of hydrazine groups is 1. The quantitative estimate of drug-likeness (QED) is 0.418. The number of rotatable bonds is 12. The summed E-state index contributed by atoms with van der Waals surface area (Å²) in [5.41, 5.74) is 3.25. The van der Waals surface area contributed by atoms with Crippen LogP contribution in [0.15, 0.2) is 54.6 Å². The van der Waals surface area contributed by atoms with E-state index in [1.54, 1.807) is 17.1 Å². The van der Waals surface area contributed by atoms with Crippen molar-refractivity contribution < 1.29 is 14.4 Å². The van der Waals surface area contributed by atoms with E-state index < -0.39 is 0 Å². The van der Waals surface area contributed by atoms with Crippen molar-refractivity contribution in [2.75, 3.05) is 38.1 Å². The minimum atomic E-state index is -0.351. The van der Waals surface area contributed by atoms with Crippen molar-refractivity contribution in [1.82, 2.24) is 20.2 Å². The summed E-state index contributed by atoms with van der Waals surface area (Å²) in [7, 11) is 1.73. The van der Waals surface area contributed by atoms with E-state index in [2.05, 4.69) is 34.5 Å². The number of carbonyl (C=O) groups excluding carboxylic acids is 3. The smallest absolute Gasteiger partial charge is 0.332 e. The number of urea groups is 1. The highest BCUT2D eigenvalue weighted by Crippen LogP contribution is 2.22. The van der Waals surface area contributed by atoms with Crippen LogP contribution in [0, 0.1) is 0 Å². The molecule has 1 fully saturated rings. The largest absolute Gasteiger partial charge is 0.372 e. The molecule has 0 spiro atoms. The van der Waals surface area contributed by atoms with Gasteiger partial charge in [-0.25, -0.2) is 9.80 Å². The van der Waals surface area contributed by atoms with E-state index in [0.717, 1.165) is 24.2 Å². The number of likely N-dealkylation sites (N-methyl/N-ethyl adjacent to an activating group) is 1. The zero-order valence-electron chi connectivity index (χ0n) is 23.4. The maximum Gasteiger partial charge on any atom is 0.332 e. The molecule has 1 aliphatic heterocycles. The van der Waals surface area contributed by atoms with Gasteiger partial charge in [-0.1, -0.05) is 49.4 Å². The Morgan fingerprint density at radius 3 is 2.32 bits per heavy atom. The van der Waals surface area contributed by atoms with E-state index in [0.29, 0.717) is 26.1 Å². The number of hydrogen-bond donors (Lipinski definition) is 1. The first-order chi connectivity index (χ1) is 18.3. The molecule has 0 bridgehead atoms. The van der Waals surface area contributed by atoms with Crippen LogP contribution in [0.5, 0.6) is 0 Å². The summed E-state index contributed by atoms with van der Waals surface area (Å²) < 4.78 is 0. The van der Waals surface area contributed by atoms with Crippen molar-refractivity contribution in [3.05, 3.63) is 65.7 Å². The van der Waals surface area contributed by atoms with Crippen LogP contribution in [0.1, 0.15) is 57.6 Å². The fraction of sp³-hybridized carbons (Fsp3) is 0.500. The molecule has 3 rings (SSSR count). The van der Waals surface area contributed by atoms with E-state index in [1.165, 1.54) is 31.9 Å². The van der Waals surface area contributed by atoms with Gasteiger partial charge in [-0.15, -0.1) is 0 Å². The molecule has 1 unspecified atom stereocenters. The molecule has 1 atom stereocenters. The second kappa shape index (κ2) is 14.5. The van der Waals surface area contributed by atoms with Gasteiger partial charge in [0.2, 0.25) is 5.91 Å². The summed E-state index contributed by atoms with van der Waals surface area (Å²) >= 11 is 0. The first-order valence-corrected chi connectivity index (χ1v) is 13.7. The van der Waals surface area contributed by atoms with Gasteiger partial charge in [0.15, 0.2) is 0 Å². The molecule has 206 valence electrons. The zero-order chi connectivity index (χ0) is 27.5. The highest BCUT2D eigenvalue weighted by molar-refractivity contribution is 5.79. The number of hydrogen-bond acceptors (Lipinski definition) is 5. The SMILES string of the molecule is CCC(=O)N(Cc1cccc(N2CCCCC2)c1)CC(C)N(C(=O)NCc1ccccc1)N(C)CC(C)=O. The standard InChI is InChI=1S/C30H43N5O3/c1-5-29(37)34(23-27-15-12-16-28(19-27)33-17-10-7-11-18-33)21-24(2)35(32(4)22-25(3)36)30(38)31-20-26-13-8-6-9-14-26/h6,8-9,12-16,19,24H,5,7,10-11,17-18,20-23H2,1-4H3,(H,31,38). The first kappa shape index (κ1) is 29.2. The van der Waals surface area contributed by atoms with E-state index in [1.807, 2.05) is 49.1 Å². The van der Waals surface area contributed by atoms with E-state index >= 15 is 0 Å². The van der Waals surface area contributed by atoms with E-state index in [4.69, 9.17) is 0 Å². The number of Topliss-reactive ketones (excluding diaryl/α,β-unsaturated/α-hetero) is 1. The molecule has 8 heteroatoms. The molecule has 1 heterocycles. The number of nitrogens with zero attached hydrogens (tertiary/aromatic N) is 4. The lowest BCUT2D eigenvalue weighted by molar-refractivity contribution is -0.133. The Kier molecular flexibility index (Phi) is 11.1. The Bertz CT molecular complexity index is 1050. The number of anilines is 1. The zero-order valence-corrected chi connectivity index (χ0v) is 23.4. The Labute approximate surface area is 227 Å². The lowest BCUT2D eigenvalue weighted by Gasteiger charge is -2.38. The second-order valence-electron chi connectivity index (χ2n) is 10.2. The predicted molar refractivity (Wildman–Crippen MR) is 152 cm³/mol. The minimum Gasteiger partial charge on any atom is -0.372 e. The van der Waals surface area contributed by atoms with Crippen LogP contribution in [0.25, 0.3) is 0 Å². The van der Waals surface area contributed by atoms with Gasteiger partial charge in [0.05, 0.1) is 12.6 Å². The Morgan fingerprint density at radius 2 is 1.66 bits per heavy atom. The van der Waals surface area contributed by atoms with Gasteiger partial charge in [-0.2, -0.15) is 0 Å². The molecule has 0 radical (unpaired) electrons. The minimum absolute atomic E-state index is 0.0269. The average Bonchev–Trinajstić information content (AvgIpc) is 2.92. The molecule has 3 amide bonds. The van der Waals surface area contributed by atoms with E-state index in [-0.39, 0.29) is 30.3 Å². The number of piperidine rings is 1. The van der Waals surface area contributed by atoms with Crippen molar-refractivity contribution in [2.45, 2.75) is 65.6 Å². The van der Waals surface area contributed by atoms with Crippen LogP contribution in [0.2, 0.25) is 0 Å². The van der Waals surface area contributed by atoms with Gasteiger partial charge >= 0.3 is 6.03 Å². The molecular formula is C30H43N5O3. The number of amides is 3. The highest BCUT2D eigenvalue weighted by atomic mass is 16.2. The maximum atomic E-state index is 13.3. The summed E-state index contributed by atoms with van der Waals surface area (Å²) in [4.78, 5) is 42.5. The summed E-state index contributed by atoms with van der Waals surface area (Å²) in [6.07, 6.45) is 4.07. The fourth-order valence-electron chi connectivity index (χ4n) is 5.04. The van der Waals surface area contributed by atoms with Crippen LogP contribution in [-0.2, 0) is 22.7 Å². The summed E-state index contributed by atoms with van der Waals surface area (Å²) in [6.45, 7) is 8.69. The Morgan fingerprint density at radius 1 is 0.974 bits per heavy atom. The first-order valence-electron chi connectivity index (χ1n) is 13.7. The molecule has 8 nitrogen and oxygen atoms in total. The molecule has 0 saturated carbocycles. The number of benzene rings is 2. The number of carbonyl (C=O) groups is 3. The average molecular weight is 522 g/mol. The predicted octanol–water partition coefficient (Wildman–Crippen LogP) is 4.45. The third-order valence-electron chi connectivity index (χ3n) is 6.88. The molecule has 0 aromatic heterocycles. The lowest BCUT2D eigenvalue weighted by Crippen LogP contribution is -2.57. The third kappa shape index (κ3) is 8.58. The van der Waals surface area contributed by atoms with Gasteiger partial charge in [0, 0.05) is 51.9 Å². The normalized spacial score (nSPS) is 14.2. The van der Waals surface area contributed by atoms with Crippen molar-refractivity contribution in [2.24, 2.45) is 0 Å². The summed E-state index contributed by atoms with van der Waals surface area (Å²) in [6, 6.07) is 17.5. The van der Waals surface area contributed by atoms with Crippen molar-refractivity contribution in [1.29, 1.82) is 0 Å². The topological polar surface area (TPSA) is 76.2 Å². The number of ketones is 1.